The van der Waals surface area contributed by atoms with Gasteiger partial charge in [-0.3, -0.25) is 9.48 Å². The predicted molar refractivity (Wildman–Crippen MR) is 96.5 cm³/mol. The number of nitrogens with zero attached hydrogens (tertiary/aromatic N) is 2. The molecule has 2 N–H and O–H groups in total. The molecular formula is C19H25N3O3. The molecule has 6 nitrogen and oxygen atoms in total. The van der Waals surface area contributed by atoms with Crippen LogP contribution in [0, 0.1) is 5.92 Å². The topological polar surface area (TPSA) is 84.2 Å². The van der Waals surface area contributed by atoms with E-state index in [2.05, 4.69) is 36.4 Å². The summed E-state index contributed by atoms with van der Waals surface area (Å²) in [5, 5.41) is 16.0. The molecule has 1 aromatic carbocycles. The first-order chi connectivity index (χ1) is 11.7. The van der Waals surface area contributed by atoms with Crippen LogP contribution >= 0.6 is 0 Å². The molecule has 0 aliphatic rings. The summed E-state index contributed by atoms with van der Waals surface area (Å²) in [6.45, 7) is 7.44. The van der Waals surface area contributed by atoms with Gasteiger partial charge in [0.1, 0.15) is 0 Å². The molecule has 25 heavy (non-hydrogen) atoms. The molecule has 0 bridgehead atoms. The summed E-state index contributed by atoms with van der Waals surface area (Å²) < 4.78 is 1.33. The number of carbonyl (C=O) groups is 2. The van der Waals surface area contributed by atoms with Crippen LogP contribution in [0.15, 0.2) is 36.7 Å². The molecule has 0 saturated heterocycles. The number of carboxylic acid groups (broad SMARTS) is 1. The Labute approximate surface area is 147 Å². The Morgan fingerprint density at radius 1 is 1.20 bits per heavy atom. The largest absolute Gasteiger partial charge is 0.479 e. The van der Waals surface area contributed by atoms with Crippen molar-refractivity contribution in [2.24, 2.45) is 5.92 Å². The lowest BCUT2D eigenvalue weighted by atomic mass is 10.0. The maximum atomic E-state index is 12.2. The molecule has 0 saturated carbocycles. The van der Waals surface area contributed by atoms with Gasteiger partial charge < -0.3 is 10.4 Å². The van der Waals surface area contributed by atoms with Gasteiger partial charge in [-0.05, 0) is 37.3 Å². The van der Waals surface area contributed by atoms with Crippen LogP contribution in [-0.2, 0) is 28.0 Å². The van der Waals surface area contributed by atoms with Crippen molar-refractivity contribution >= 4 is 17.6 Å². The van der Waals surface area contributed by atoms with Crippen molar-refractivity contribution in [1.29, 1.82) is 0 Å². The third-order valence-corrected chi connectivity index (χ3v) is 3.99. The van der Waals surface area contributed by atoms with Crippen LogP contribution in [0.5, 0.6) is 0 Å². The molecule has 0 radical (unpaired) electrons. The van der Waals surface area contributed by atoms with E-state index in [1.54, 1.807) is 13.8 Å². The molecule has 0 aliphatic carbocycles. The number of amides is 1. The summed E-state index contributed by atoms with van der Waals surface area (Å²) in [5.74, 6) is -0.556. The maximum Gasteiger partial charge on any atom is 0.331 e. The second kappa shape index (κ2) is 7.51. The Hall–Kier alpha value is -2.63. The van der Waals surface area contributed by atoms with Gasteiger partial charge in [0, 0.05) is 6.20 Å². The molecule has 0 atom stereocenters. The quantitative estimate of drug-likeness (QED) is 0.809. The first-order valence-corrected chi connectivity index (χ1v) is 8.34. The summed E-state index contributed by atoms with van der Waals surface area (Å²) in [7, 11) is 0. The first-order valence-electron chi connectivity index (χ1n) is 8.34. The highest BCUT2D eigenvalue weighted by atomic mass is 16.4. The van der Waals surface area contributed by atoms with Gasteiger partial charge in [-0.1, -0.05) is 38.1 Å². The Morgan fingerprint density at radius 3 is 2.36 bits per heavy atom. The summed E-state index contributed by atoms with van der Waals surface area (Å²) in [6, 6.07) is 8.04. The average Bonchev–Trinajstić information content (AvgIpc) is 2.97. The summed E-state index contributed by atoms with van der Waals surface area (Å²) in [5.41, 5.74) is 1.50. The normalized spacial score (nSPS) is 11.6. The fourth-order valence-electron chi connectivity index (χ4n) is 2.45. The second-order valence-corrected chi connectivity index (χ2v) is 7.18. The van der Waals surface area contributed by atoms with Crippen LogP contribution in [-0.4, -0.2) is 26.8 Å². The zero-order valence-electron chi connectivity index (χ0n) is 15.1. The van der Waals surface area contributed by atoms with Crippen LogP contribution in [0.4, 0.5) is 5.69 Å². The zero-order chi connectivity index (χ0) is 18.6. The number of anilines is 1. The molecule has 6 heteroatoms. The molecule has 1 heterocycles. The highest BCUT2D eigenvalue weighted by Crippen LogP contribution is 2.17. The molecule has 134 valence electrons. The zero-order valence-corrected chi connectivity index (χ0v) is 15.1. The van der Waals surface area contributed by atoms with Crippen molar-refractivity contribution in [1.82, 2.24) is 9.78 Å². The van der Waals surface area contributed by atoms with Crippen LogP contribution in [0.25, 0.3) is 0 Å². The molecule has 2 aromatic rings. The van der Waals surface area contributed by atoms with Crippen molar-refractivity contribution < 1.29 is 14.7 Å². The highest BCUT2D eigenvalue weighted by Gasteiger charge is 2.30. The smallest absolute Gasteiger partial charge is 0.331 e. The predicted octanol–water partition coefficient (Wildman–Crippen LogP) is 3.08. The molecule has 0 aliphatic heterocycles. The number of carbonyl (C=O) groups excluding carboxylic acids is 1. The number of aliphatic carboxylic acids is 1. The lowest BCUT2D eigenvalue weighted by molar-refractivity contribution is -0.146. The fourth-order valence-corrected chi connectivity index (χ4v) is 2.45. The molecule has 0 spiro atoms. The van der Waals surface area contributed by atoms with E-state index in [0.29, 0.717) is 11.6 Å². The van der Waals surface area contributed by atoms with E-state index in [9.17, 15) is 14.7 Å². The van der Waals surface area contributed by atoms with Gasteiger partial charge in [0.2, 0.25) is 5.91 Å². The standard InChI is InChI=1S/C19H25N3O3/c1-13(2)9-14-5-7-15(8-6-14)10-17(23)21-16-11-20-22(12-16)19(3,4)18(24)25/h5-8,11-13H,9-10H2,1-4H3,(H,21,23)(H,24,25). The maximum absolute atomic E-state index is 12.2. The van der Waals surface area contributed by atoms with E-state index in [1.807, 2.05) is 12.1 Å². The van der Waals surface area contributed by atoms with E-state index < -0.39 is 11.5 Å². The van der Waals surface area contributed by atoms with Crippen LogP contribution in [0.1, 0.15) is 38.8 Å². The van der Waals surface area contributed by atoms with Gasteiger partial charge in [0.05, 0.1) is 18.3 Å². The lowest BCUT2D eigenvalue weighted by Gasteiger charge is -2.19. The molecule has 1 amide bonds. The van der Waals surface area contributed by atoms with Crippen molar-refractivity contribution in [2.75, 3.05) is 5.32 Å². The lowest BCUT2D eigenvalue weighted by Crippen LogP contribution is -2.35. The number of nitrogens with one attached hydrogen (secondary N) is 1. The molecule has 0 fully saturated rings. The van der Waals surface area contributed by atoms with E-state index in [1.165, 1.54) is 22.6 Å². The van der Waals surface area contributed by atoms with Gasteiger partial charge in [0.25, 0.3) is 0 Å². The van der Waals surface area contributed by atoms with Crippen molar-refractivity contribution in [3.05, 3.63) is 47.8 Å². The van der Waals surface area contributed by atoms with Gasteiger partial charge >= 0.3 is 5.97 Å². The van der Waals surface area contributed by atoms with E-state index in [0.717, 1.165) is 12.0 Å². The van der Waals surface area contributed by atoms with Gasteiger partial charge in [-0.15, -0.1) is 0 Å². The van der Waals surface area contributed by atoms with Gasteiger partial charge in [-0.25, -0.2) is 4.79 Å². The molecule has 0 unspecified atom stereocenters. The summed E-state index contributed by atoms with van der Waals surface area (Å²) in [4.78, 5) is 23.4. The SMILES string of the molecule is CC(C)Cc1ccc(CC(=O)Nc2cnn(C(C)(C)C(=O)O)c2)cc1. The Kier molecular flexibility index (Phi) is 5.62. The fraction of sp³-hybridized carbons (Fsp3) is 0.421. The molecule has 1 aromatic heterocycles. The number of hydrogen-bond donors (Lipinski definition) is 2. The van der Waals surface area contributed by atoms with Crippen LogP contribution < -0.4 is 5.32 Å². The van der Waals surface area contributed by atoms with Crippen LogP contribution in [0.3, 0.4) is 0 Å². The van der Waals surface area contributed by atoms with Gasteiger partial charge in [0.15, 0.2) is 5.54 Å². The Balaban J connectivity index is 1.97. The van der Waals surface area contributed by atoms with E-state index in [-0.39, 0.29) is 12.3 Å². The minimum Gasteiger partial charge on any atom is -0.479 e. The number of aromatic nitrogens is 2. The Bertz CT molecular complexity index is 746. The Morgan fingerprint density at radius 2 is 1.80 bits per heavy atom. The first kappa shape index (κ1) is 18.7. The van der Waals surface area contributed by atoms with E-state index in [4.69, 9.17) is 0 Å². The molecule has 2 rings (SSSR count). The van der Waals surface area contributed by atoms with E-state index >= 15 is 0 Å². The second-order valence-electron chi connectivity index (χ2n) is 7.18. The van der Waals surface area contributed by atoms with Crippen LogP contribution in [0.2, 0.25) is 0 Å². The third kappa shape index (κ3) is 4.92. The number of carboxylic acids is 1. The third-order valence-electron chi connectivity index (χ3n) is 3.99. The summed E-state index contributed by atoms with van der Waals surface area (Å²) in [6.07, 6.45) is 4.26. The average molecular weight is 343 g/mol. The number of rotatable bonds is 7. The van der Waals surface area contributed by atoms with Gasteiger partial charge in [-0.2, -0.15) is 5.10 Å². The monoisotopic (exact) mass is 343 g/mol. The number of benzene rings is 1. The number of hydrogen-bond acceptors (Lipinski definition) is 3. The summed E-state index contributed by atoms with van der Waals surface area (Å²) >= 11 is 0. The van der Waals surface area contributed by atoms with Crippen molar-refractivity contribution in [3.8, 4) is 0 Å². The minimum absolute atomic E-state index is 0.163. The van der Waals surface area contributed by atoms with Crippen molar-refractivity contribution in [2.45, 2.75) is 46.1 Å². The highest BCUT2D eigenvalue weighted by molar-refractivity contribution is 5.92. The minimum atomic E-state index is -1.17. The van der Waals surface area contributed by atoms with Crippen molar-refractivity contribution in [3.63, 3.8) is 0 Å². The molecular weight excluding hydrogens is 318 g/mol.